The summed E-state index contributed by atoms with van der Waals surface area (Å²) in [5, 5.41) is 9.17. The Morgan fingerprint density at radius 3 is 2.92 bits per heavy atom. The number of aliphatic hydroxyl groups is 1. The molecule has 2 rings (SSSR count). The van der Waals surface area contributed by atoms with Crippen LogP contribution in [0.4, 0.5) is 8.78 Å². The monoisotopic (exact) mass is 172 g/mol. The lowest BCUT2D eigenvalue weighted by Gasteiger charge is -2.00. The number of hydrogen-bond donors (Lipinski definition) is 1. The Bertz CT molecular complexity index is 325. The molecular formula is C8H6F2O2. The predicted octanol–water partition coefficient (Wildman–Crippen LogP) is 1.39. The summed E-state index contributed by atoms with van der Waals surface area (Å²) in [6.45, 7) is -0.00426. The molecule has 0 bridgehead atoms. The van der Waals surface area contributed by atoms with Crippen molar-refractivity contribution in [3.8, 4) is 5.75 Å². The highest BCUT2D eigenvalue weighted by atomic mass is 19.1. The van der Waals surface area contributed by atoms with Gasteiger partial charge in [-0.1, -0.05) is 0 Å². The molecule has 1 aliphatic rings. The van der Waals surface area contributed by atoms with Crippen LogP contribution in [0.2, 0.25) is 0 Å². The Morgan fingerprint density at radius 2 is 2.17 bits per heavy atom. The molecule has 64 valence electrons. The third-order valence-corrected chi connectivity index (χ3v) is 1.79. The number of hydrogen-bond acceptors (Lipinski definition) is 2. The van der Waals surface area contributed by atoms with Gasteiger partial charge >= 0.3 is 0 Å². The number of ether oxygens (including phenoxy) is 1. The molecule has 0 saturated carbocycles. The molecule has 1 unspecified atom stereocenters. The zero-order valence-corrected chi connectivity index (χ0v) is 6.05. The predicted molar refractivity (Wildman–Crippen MR) is 36.8 cm³/mol. The van der Waals surface area contributed by atoms with Crippen LogP contribution >= 0.6 is 0 Å². The van der Waals surface area contributed by atoms with Gasteiger partial charge in [0.2, 0.25) is 0 Å². The first-order valence-corrected chi connectivity index (χ1v) is 3.48. The Labute approximate surface area is 67.4 Å². The average Bonchev–Trinajstić information content (AvgIpc) is 2.31. The van der Waals surface area contributed by atoms with Gasteiger partial charge in [0.15, 0.2) is 0 Å². The van der Waals surface area contributed by atoms with E-state index in [1.807, 2.05) is 0 Å². The quantitative estimate of drug-likeness (QED) is 0.640. The molecule has 0 aliphatic carbocycles. The molecule has 1 aliphatic heterocycles. The van der Waals surface area contributed by atoms with Crippen molar-refractivity contribution in [3.63, 3.8) is 0 Å². The zero-order chi connectivity index (χ0) is 8.72. The van der Waals surface area contributed by atoms with E-state index in [2.05, 4.69) is 0 Å². The topological polar surface area (TPSA) is 29.5 Å². The molecule has 1 aromatic carbocycles. The second kappa shape index (κ2) is 2.42. The molecule has 4 heteroatoms. The van der Waals surface area contributed by atoms with Crippen molar-refractivity contribution in [2.45, 2.75) is 6.10 Å². The third-order valence-electron chi connectivity index (χ3n) is 1.79. The largest absolute Gasteiger partial charge is 0.490 e. The molecule has 2 nitrogen and oxygen atoms in total. The molecule has 1 atom stereocenters. The Balaban J connectivity index is 2.60. The zero-order valence-electron chi connectivity index (χ0n) is 6.05. The lowest BCUT2D eigenvalue weighted by atomic mass is 10.1. The maximum absolute atomic E-state index is 12.9. The van der Waals surface area contributed by atoms with Crippen molar-refractivity contribution in [3.05, 3.63) is 29.3 Å². The van der Waals surface area contributed by atoms with Gasteiger partial charge in [0.25, 0.3) is 0 Å². The van der Waals surface area contributed by atoms with Crippen LogP contribution in [0.25, 0.3) is 0 Å². The van der Waals surface area contributed by atoms with Crippen molar-refractivity contribution < 1.29 is 18.6 Å². The highest BCUT2D eigenvalue weighted by Crippen LogP contribution is 2.34. The molecule has 1 aromatic rings. The van der Waals surface area contributed by atoms with E-state index in [-0.39, 0.29) is 17.9 Å². The van der Waals surface area contributed by atoms with Crippen LogP contribution in [0.3, 0.4) is 0 Å². The SMILES string of the molecule is OC1COc2cc(F)cc(F)c21. The van der Waals surface area contributed by atoms with Crippen molar-refractivity contribution in [1.82, 2.24) is 0 Å². The van der Waals surface area contributed by atoms with E-state index in [1.165, 1.54) is 0 Å². The summed E-state index contributed by atoms with van der Waals surface area (Å²) < 4.78 is 30.3. The molecule has 0 radical (unpaired) electrons. The van der Waals surface area contributed by atoms with Gasteiger partial charge in [-0.3, -0.25) is 0 Å². The van der Waals surface area contributed by atoms with Gasteiger partial charge in [-0.15, -0.1) is 0 Å². The summed E-state index contributed by atoms with van der Waals surface area (Å²) >= 11 is 0. The van der Waals surface area contributed by atoms with Gasteiger partial charge in [-0.05, 0) is 0 Å². The number of aliphatic hydroxyl groups excluding tert-OH is 1. The maximum Gasteiger partial charge on any atom is 0.135 e. The Kier molecular flexibility index (Phi) is 1.51. The number of fused-ring (bicyclic) bond motifs is 1. The summed E-state index contributed by atoms with van der Waals surface area (Å²) in [6.07, 6.45) is -0.972. The Morgan fingerprint density at radius 1 is 1.42 bits per heavy atom. The minimum atomic E-state index is -0.972. The molecule has 0 saturated heterocycles. The first-order valence-electron chi connectivity index (χ1n) is 3.48. The molecule has 0 aromatic heterocycles. The highest BCUT2D eigenvalue weighted by molar-refractivity contribution is 5.39. The lowest BCUT2D eigenvalue weighted by molar-refractivity contribution is 0.138. The fraction of sp³-hybridized carbons (Fsp3) is 0.250. The second-order valence-corrected chi connectivity index (χ2v) is 2.63. The van der Waals surface area contributed by atoms with Crippen molar-refractivity contribution in [2.75, 3.05) is 6.61 Å². The standard InChI is InChI=1S/C8H6F2O2/c9-4-1-5(10)8-6(11)3-12-7(8)2-4/h1-2,6,11H,3H2. The number of benzene rings is 1. The minimum absolute atomic E-state index is 0.00426. The van der Waals surface area contributed by atoms with E-state index in [9.17, 15) is 8.78 Å². The summed E-state index contributed by atoms with van der Waals surface area (Å²) in [7, 11) is 0. The highest BCUT2D eigenvalue weighted by Gasteiger charge is 2.26. The Hall–Kier alpha value is -1.16. The molecule has 1 N–H and O–H groups in total. The normalized spacial score (nSPS) is 20.4. The van der Waals surface area contributed by atoms with Gasteiger partial charge in [0, 0.05) is 12.1 Å². The van der Waals surface area contributed by atoms with Crippen LogP contribution in [0.5, 0.6) is 5.75 Å². The van der Waals surface area contributed by atoms with Gasteiger partial charge in [0.1, 0.15) is 30.1 Å². The molecule has 12 heavy (non-hydrogen) atoms. The van der Waals surface area contributed by atoms with E-state index in [0.29, 0.717) is 0 Å². The summed E-state index contributed by atoms with van der Waals surface area (Å²) in [5.74, 6) is -1.35. The van der Waals surface area contributed by atoms with Crippen LogP contribution in [0.1, 0.15) is 11.7 Å². The van der Waals surface area contributed by atoms with Crippen molar-refractivity contribution >= 4 is 0 Å². The van der Waals surface area contributed by atoms with E-state index in [4.69, 9.17) is 9.84 Å². The fourth-order valence-electron chi connectivity index (χ4n) is 1.26. The van der Waals surface area contributed by atoms with Gasteiger partial charge in [-0.25, -0.2) is 8.78 Å². The van der Waals surface area contributed by atoms with Gasteiger partial charge < -0.3 is 9.84 Å². The van der Waals surface area contributed by atoms with E-state index in [0.717, 1.165) is 12.1 Å². The van der Waals surface area contributed by atoms with E-state index < -0.39 is 17.7 Å². The fourth-order valence-corrected chi connectivity index (χ4v) is 1.26. The second-order valence-electron chi connectivity index (χ2n) is 2.63. The number of rotatable bonds is 0. The summed E-state index contributed by atoms with van der Waals surface area (Å²) in [4.78, 5) is 0. The first kappa shape index (κ1) is 7.49. The van der Waals surface area contributed by atoms with E-state index in [1.54, 1.807) is 0 Å². The molecule has 0 amide bonds. The van der Waals surface area contributed by atoms with Crippen LogP contribution in [0.15, 0.2) is 12.1 Å². The van der Waals surface area contributed by atoms with E-state index >= 15 is 0 Å². The average molecular weight is 172 g/mol. The molecule has 0 fully saturated rings. The van der Waals surface area contributed by atoms with Crippen LogP contribution in [-0.4, -0.2) is 11.7 Å². The smallest absolute Gasteiger partial charge is 0.135 e. The lowest BCUT2D eigenvalue weighted by Crippen LogP contribution is -1.99. The number of halogens is 2. The first-order chi connectivity index (χ1) is 5.68. The molecular weight excluding hydrogens is 166 g/mol. The third kappa shape index (κ3) is 0.956. The molecule has 0 spiro atoms. The molecule has 1 heterocycles. The van der Waals surface area contributed by atoms with Gasteiger partial charge in [0.05, 0.1) is 5.56 Å². The van der Waals surface area contributed by atoms with Gasteiger partial charge in [-0.2, -0.15) is 0 Å². The minimum Gasteiger partial charge on any atom is -0.490 e. The van der Waals surface area contributed by atoms with Crippen LogP contribution in [-0.2, 0) is 0 Å². The summed E-state index contributed by atoms with van der Waals surface area (Å²) in [6, 6.07) is 1.80. The maximum atomic E-state index is 12.9. The summed E-state index contributed by atoms with van der Waals surface area (Å²) in [5.41, 5.74) is 0.0522. The van der Waals surface area contributed by atoms with Crippen molar-refractivity contribution in [1.29, 1.82) is 0 Å². The van der Waals surface area contributed by atoms with Crippen molar-refractivity contribution in [2.24, 2.45) is 0 Å². The van der Waals surface area contributed by atoms with Crippen LogP contribution in [0, 0.1) is 11.6 Å². The van der Waals surface area contributed by atoms with Crippen LogP contribution < -0.4 is 4.74 Å².